The van der Waals surface area contributed by atoms with E-state index >= 15 is 0 Å². The van der Waals surface area contributed by atoms with Crippen molar-refractivity contribution < 1.29 is 9.59 Å². The zero-order valence-electron chi connectivity index (χ0n) is 11.7. The van der Waals surface area contributed by atoms with Crippen molar-refractivity contribution in [2.75, 3.05) is 39.8 Å². The van der Waals surface area contributed by atoms with Crippen LogP contribution in [0.3, 0.4) is 0 Å². The third kappa shape index (κ3) is 4.18. The van der Waals surface area contributed by atoms with Gasteiger partial charge in [-0.15, -0.1) is 0 Å². The van der Waals surface area contributed by atoms with Crippen molar-refractivity contribution in [1.82, 2.24) is 15.1 Å². The standard InChI is InChI=1S/C14H17BrClN3O2/c1-18(9-13(20)19-6-4-17-5-7-19)14(21)10-2-3-12(16)11(15)8-10/h2-3,8,17H,4-7,9H2,1H3. The number of rotatable bonds is 3. The van der Waals surface area contributed by atoms with Crippen LogP contribution in [0.4, 0.5) is 0 Å². The fourth-order valence-corrected chi connectivity index (χ4v) is 2.63. The van der Waals surface area contributed by atoms with E-state index in [0.717, 1.165) is 13.1 Å². The summed E-state index contributed by atoms with van der Waals surface area (Å²) in [5.41, 5.74) is 0.502. The van der Waals surface area contributed by atoms with Gasteiger partial charge in [0.05, 0.1) is 11.6 Å². The molecule has 0 unspecified atom stereocenters. The van der Waals surface area contributed by atoms with Crippen LogP contribution < -0.4 is 5.32 Å². The third-order valence-corrected chi connectivity index (χ3v) is 4.57. The average molecular weight is 375 g/mol. The van der Waals surface area contributed by atoms with Crippen molar-refractivity contribution in [1.29, 1.82) is 0 Å². The largest absolute Gasteiger partial charge is 0.339 e. The molecule has 1 saturated heterocycles. The van der Waals surface area contributed by atoms with Gasteiger partial charge >= 0.3 is 0 Å². The van der Waals surface area contributed by atoms with Gasteiger partial charge in [0.2, 0.25) is 5.91 Å². The summed E-state index contributed by atoms with van der Waals surface area (Å²) >= 11 is 9.20. The Balaban J connectivity index is 1.98. The summed E-state index contributed by atoms with van der Waals surface area (Å²) in [7, 11) is 1.63. The van der Waals surface area contributed by atoms with Crippen LogP contribution >= 0.6 is 27.5 Å². The highest BCUT2D eigenvalue weighted by Gasteiger charge is 2.21. The Kier molecular flexibility index (Phi) is 5.61. The first-order valence-corrected chi connectivity index (χ1v) is 7.85. The molecule has 0 aromatic heterocycles. The number of likely N-dealkylation sites (N-methyl/N-ethyl adjacent to an activating group) is 1. The number of amides is 2. The van der Waals surface area contributed by atoms with Gasteiger partial charge in [0.25, 0.3) is 5.91 Å². The minimum absolute atomic E-state index is 0.0274. The maximum Gasteiger partial charge on any atom is 0.254 e. The molecule has 21 heavy (non-hydrogen) atoms. The molecule has 1 aliphatic heterocycles. The Morgan fingerprint density at radius 3 is 2.67 bits per heavy atom. The van der Waals surface area contributed by atoms with E-state index in [4.69, 9.17) is 11.6 Å². The van der Waals surface area contributed by atoms with Gasteiger partial charge in [0.1, 0.15) is 0 Å². The molecule has 7 heteroatoms. The first kappa shape index (κ1) is 16.3. The number of hydrogen-bond acceptors (Lipinski definition) is 3. The SMILES string of the molecule is CN(CC(=O)N1CCNCC1)C(=O)c1ccc(Cl)c(Br)c1. The summed E-state index contributed by atoms with van der Waals surface area (Å²) < 4.78 is 0.664. The first-order valence-electron chi connectivity index (χ1n) is 6.68. The lowest BCUT2D eigenvalue weighted by Gasteiger charge is -2.29. The number of benzene rings is 1. The normalized spacial score (nSPS) is 14.9. The van der Waals surface area contributed by atoms with E-state index < -0.39 is 0 Å². The molecule has 2 rings (SSSR count). The van der Waals surface area contributed by atoms with E-state index in [2.05, 4.69) is 21.2 Å². The van der Waals surface area contributed by atoms with Gasteiger partial charge in [-0.2, -0.15) is 0 Å². The first-order chi connectivity index (χ1) is 9.99. The number of hydrogen-bond donors (Lipinski definition) is 1. The molecule has 1 heterocycles. The minimum Gasteiger partial charge on any atom is -0.339 e. The van der Waals surface area contributed by atoms with Crippen LogP contribution in [0.15, 0.2) is 22.7 Å². The number of piperazine rings is 1. The Bertz CT molecular complexity index is 547. The summed E-state index contributed by atoms with van der Waals surface area (Å²) in [6.07, 6.45) is 0. The van der Waals surface area contributed by atoms with Gasteiger partial charge in [-0.25, -0.2) is 0 Å². The molecule has 0 aliphatic carbocycles. The van der Waals surface area contributed by atoms with Crippen molar-refractivity contribution in [2.45, 2.75) is 0 Å². The van der Waals surface area contributed by atoms with Crippen molar-refractivity contribution in [3.05, 3.63) is 33.3 Å². The lowest BCUT2D eigenvalue weighted by molar-refractivity contribution is -0.132. The molecule has 1 aliphatic rings. The molecule has 1 aromatic carbocycles. The lowest BCUT2D eigenvalue weighted by Crippen LogP contribution is -2.49. The summed E-state index contributed by atoms with van der Waals surface area (Å²) in [5.74, 6) is -0.226. The molecule has 0 saturated carbocycles. The zero-order chi connectivity index (χ0) is 15.4. The van der Waals surface area contributed by atoms with E-state index in [1.54, 1.807) is 30.1 Å². The van der Waals surface area contributed by atoms with Crippen LogP contribution in [0.5, 0.6) is 0 Å². The van der Waals surface area contributed by atoms with Gasteiger partial charge in [0, 0.05) is 43.3 Å². The van der Waals surface area contributed by atoms with Crippen LogP contribution in [0.25, 0.3) is 0 Å². The van der Waals surface area contributed by atoms with E-state index in [-0.39, 0.29) is 18.4 Å². The van der Waals surface area contributed by atoms with Gasteiger partial charge in [-0.1, -0.05) is 11.6 Å². The molecule has 1 fully saturated rings. The molecule has 5 nitrogen and oxygen atoms in total. The molecule has 0 spiro atoms. The second-order valence-corrected chi connectivity index (χ2v) is 6.18. The zero-order valence-corrected chi connectivity index (χ0v) is 14.1. The molecule has 1 N–H and O–H groups in total. The molecule has 0 atom stereocenters. The monoisotopic (exact) mass is 373 g/mol. The Morgan fingerprint density at radius 1 is 1.38 bits per heavy atom. The highest BCUT2D eigenvalue weighted by atomic mass is 79.9. The van der Waals surface area contributed by atoms with Gasteiger partial charge < -0.3 is 15.1 Å². The number of halogens is 2. The Hall–Kier alpha value is -1.11. The Morgan fingerprint density at radius 2 is 2.05 bits per heavy atom. The maximum atomic E-state index is 12.3. The van der Waals surface area contributed by atoms with E-state index in [9.17, 15) is 9.59 Å². The third-order valence-electron chi connectivity index (χ3n) is 3.36. The fraction of sp³-hybridized carbons (Fsp3) is 0.429. The second kappa shape index (κ2) is 7.24. The topological polar surface area (TPSA) is 52.7 Å². The molecule has 1 aromatic rings. The number of nitrogens with one attached hydrogen (secondary N) is 1. The van der Waals surface area contributed by atoms with Crippen LogP contribution in [0, 0.1) is 0 Å². The molecule has 0 bridgehead atoms. The number of carbonyl (C=O) groups excluding carboxylic acids is 2. The number of carbonyl (C=O) groups is 2. The molecule has 114 valence electrons. The predicted octanol–water partition coefficient (Wildman–Crippen LogP) is 1.61. The Labute approximate surface area is 137 Å². The van der Waals surface area contributed by atoms with Gasteiger partial charge in [-0.3, -0.25) is 9.59 Å². The molecule has 0 radical (unpaired) electrons. The highest BCUT2D eigenvalue weighted by molar-refractivity contribution is 9.10. The quantitative estimate of drug-likeness (QED) is 0.874. The van der Waals surface area contributed by atoms with Crippen LogP contribution in [-0.4, -0.2) is 61.4 Å². The van der Waals surface area contributed by atoms with Gasteiger partial charge in [-0.05, 0) is 34.1 Å². The minimum atomic E-state index is -0.198. The second-order valence-electron chi connectivity index (χ2n) is 4.92. The van der Waals surface area contributed by atoms with Crippen molar-refractivity contribution in [3.8, 4) is 0 Å². The van der Waals surface area contributed by atoms with Crippen LogP contribution in [-0.2, 0) is 4.79 Å². The maximum absolute atomic E-state index is 12.3. The van der Waals surface area contributed by atoms with Gasteiger partial charge in [0.15, 0.2) is 0 Å². The van der Waals surface area contributed by atoms with Crippen molar-refractivity contribution in [2.24, 2.45) is 0 Å². The van der Waals surface area contributed by atoms with Crippen molar-refractivity contribution in [3.63, 3.8) is 0 Å². The van der Waals surface area contributed by atoms with Crippen molar-refractivity contribution >= 4 is 39.3 Å². The smallest absolute Gasteiger partial charge is 0.254 e. The van der Waals surface area contributed by atoms with E-state index in [0.29, 0.717) is 28.1 Å². The molecular formula is C14H17BrClN3O2. The summed E-state index contributed by atoms with van der Waals surface area (Å²) in [6.45, 7) is 3.06. The number of nitrogens with zero attached hydrogens (tertiary/aromatic N) is 2. The lowest BCUT2D eigenvalue weighted by atomic mass is 10.2. The van der Waals surface area contributed by atoms with E-state index in [1.165, 1.54) is 4.90 Å². The summed E-state index contributed by atoms with van der Waals surface area (Å²) in [4.78, 5) is 27.7. The van der Waals surface area contributed by atoms with E-state index in [1.807, 2.05) is 0 Å². The van der Waals surface area contributed by atoms with Crippen LogP contribution in [0.2, 0.25) is 5.02 Å². The van der Waals surface area contributed by atoms with Crippen LogP contribution in [0.1, 0.15) is 10.4 Å². The highest BCUT2D eigenvalue weighted by Crippen LogP contribution is 2.23. The fourth-order valence-electron chi connectivity index (χ4n) is 2.14. The molecule has 2 amide bonds. The predicted molar refractivity (Wildman–Crippen MR) is 85.6 cm³/mol. The molecular weight excluding hydrogens is 358 g/mol. The average Bonchev–Trinajstić information content (AvgIpc) is 2.50. The summed E-state index contributed by atoms with van der Waals surface area (Å²) in [6, 6.07) is 4.97. The summed E-state index contributed by atoms with van der Waals surface area (Å²) in [5, 5.41) is 3.74.